The van der Waals surface area contributed by atoms with Gasteiger partial charge in [0.2, 0.25) is 0 Å². The molecule has 0 saturated carbocycles. The van der Waals surface area contributed by atoms with Gasteiger partial charge in [-0.25, -0.2) is 0 Å². The lowest BCUT2D eigenvalue weighted by Crippen LogP contribution is -1.96. The topological polar surface area (TPSA) is 26.3 Å². The van der Waals surface area contributed by atoms with Crippen LogP contribution in [0.1, 0.15) is 42.1 Å². The molecule has 1 unspecified atom stereocenters. The molecule has 0 heterocycles. The average Bonchev–Trinajstić information content (AvgIpc) is 2.48. The fourth-order valence-electron chi connectivity index (χ4n) is 1.94. The lowest BCUT2D eigenvalue weighted by Gasteiger charge is -2.15. The number of benzene rings is 2. The molecule has 0 bridgehead atoms. The Hall–Kier alpha value is -2.09. The van der Waals surface area contributed by atoms with Gasteiger partial charge < -0.3 is 4.74 Å². The zero-order valence-corrected chi connectivity index (χ0v) is 11.3. The van der Waals surface area contributed by atoms with Crippen LogP contribution in [0.15, 0.2) is 48.5 Å². The van der Waals surface area contributed by atoms with E-state index in [4.69, 9.17) is 4.74 Å². The summed E-state index contributed by atoms with van der Waals surface area (Å²) in [4.78, 5) is 10.6. The first-order chi connectivity index (χ1) is 9.24. The number of rotatable bonds is 5. The molecule has 0 aromatic heterocycles. The van der Waals surface area contributed by atoms with Gasteiger partial charge in [0.25, 0.3) is 0 Å². The Bertz CT molecular complexity index is 543. The third-order valence-corrected chi connectivity index (χ3v) is 3.31. The molecule has 2 aromatic rings. The van der Waals surface area contributed by atoms with Gasteiger partial charge >= 0.3 is 0 Å². The van der Waals surface area contributed by atoms with Gasteiger partial charge in [-0.05, 0) is 48.2 Å². The zero-order chi connectivity index (χ0) is 13.7. The molecule has 19 heavy (non-hydrogen) atoms. The molecule has 0 aliphatic rings. The molecular formula is C17H18O2. The van der Waals surface area contributed by atoms with Crippen molar-refractivity contribution in [1.29, 1.82) is 0 Å². The van der Waals surface area contributed by atoms with Crippen LogP contribution in [0.4, 0.5) is 0 Å². The van der Waals surface area contributed by atoms with E-state index in [1.807, 2.05) is 30.3 Å². The molecule has 98 valence electrons. The van der Waals surface area contributed by atoms with E-state index < -0.39 is 0 Å². The lowest BCUT2D eigenvalue weighted by atomic mass is 9.98. The van der Waals surface area contributed by atoms with Crippen molar-refractivity contribution >= 4 is 6.29 Å². The fourth-order valence-corrected chi connectivity index (χ4v) is 1.94. The molecule has 2 heteroatoms. The van der Waals surface area contributed by atoms with Gasteiger partial charge in [-0.3, -0.25) is 4.79 Å². The second-order valence-corrected chi connectivity index (χ2v) is 4.64. The third kappa shape index (κ3) is 3.22. The summed E-state index contributed by atoms with van der Waals surface area (Å²) in [6.07, 6.45) is 1.90. The molecule has 0 spiro atoms. The van der Waals surface area contributed by atoms with Gasteiger partial charge in [0.15, 0.2) is 0 Å². The van der Waals surface area contributed by atoms with Crippen molar-refractivity contribution in [1.82, 2.24) is 0 Å². The fraction of sp³-hybridized carbons (Fsp3) is 0.235. The predicted molar refractivity (Wildman–Crippen MR) is 77.1 cm³/mol. The molecule has 0 aliphatic carbocycles. The van der Waals surface area contributed by atoms with Gasteiger partial charge in [-0.1, -0.05) is 32.0 Å². The normalized spacial score (nSPS) is 11.9. The van der Waals surface area contributed by atoms with Crippen molar-refractivity contribution in [3.8, 4) is 11.5 Å². The van der Waals surface area contributed by atoms with Gasteiger partial charge in [0, 0.05) is 5.56 Å². The van der Waals surface area contributed by atoms with Crippen molar-refractivity contribution in [3.05, 3.63) is 59.7 Å². The number of carbonyl (C=O) groups excluding carboxylic acids is 1. The molecule has 0 saturated heterocycles. The van der Waals surface area contributed by atoms with E-state index in [1.165, 1.54) is 5.56 Å². The van der Waals surface area contributed by atoms with Crippen LogP contribution < -0.4 is 4.74 Å². The Morgan fingerprint density at radius 1 is 1.11 bits per heavy atom. The van der Waals surface area contributed by atoms with Crippen LogP contribution in [0, 0.1) is 0 Å². The summed E-state index contributed by atoms with van der Waals surface area (Å²) in [6.45, 7) is 4.36. The van der Waals surface area contributed by atoms with Crippen molar-refractivity contribution < 1.29 is 9.53 Å². The number of carbonyl (C=O) groups is 1. The maximum Gasteiger partial charge on any atom is 0.150 e. The molecule has 2 nitrogen and oxygen atoms in total. The minimum atomic E-state index is 0.463. The van der Waals surface area contributed by atoms with Crippen LogP contribution >= 0.6 is 0 Å². The molecular weight excluding hydrogens is 236 g/mol. The lowest BCUT2D eigenvalue weighted by molar-refractivity contribution is 0.112. The number of ether oxygens (including phenoxy) is 1. The van der Waals surface area contributed by atoms with Crippen LogP contribution in [0.2, 0.25) is 0 Å². The second kappa shape index (κ2) is 6.19. The van der Waals surface area contributed by atoms with E-state index in [-0.39, 0.29) is 0 Å². The predicted octanol–water partition coefficient (Wildman–Crippen LogP) is 4.80. The summed E-state index contributed by atoms with van der Waals surface area (Å²) in [7, 11) is 0. The number of hydrogen-bond donors (Lipinski definition) is 0. The summed E-state index contributed by atoms with van der Waals surface area (Å²) in [5.74, 6) is 2.10. The molecule has 0 amide bonds. The SMILES string of the molecule is CCC(C)c1ccccc1Oc1ccc(C=O)cc1. The largest absolute Gasteiger partial charge is 0.457 e. The molecule has 1 atom stereocenters. The minimum Gasteiger partial charge on any atom is -0.457 e. The monoisotopic (exact) mass is 254 g/mol. The Morgan fingerprint density at radius 3 is 2.42 bits per heavy atom. The first-order valence-electron chi connectivity index (χ1n) is 6.56. The molecule has 2 rings (SSSR count). The van der Waals surface area contributed by atoms with Crippen molar-refractivity contribution in [2.75, 3.05) is 0 Å². The van der Waals surface area contributed by atoms with E-state index in [0.717, 1.165) is 24.2 Å². The Kier molecular flexibility index (Phi) is 4.35. The highest BCUT2D eigenvalue weighted by atomic mass is 16.5. The van der Waals surface area contributed by atoms with E-state index >= 15 is 0 Å². The first-order valence-corrected chi connectivity index (χ1v) is 6.56. The average molecular weight is 254 g/mol. The first kappa shape index (κ1) is 13.3. The zero-order valence-electron chi connectivity index (χ0n) is 11.3. The molecule has 0 N–H and O–H groups in total. The quantitative estimate of drug-likeness (QED) is 0.716. The Morgan fingerprint density at radius 2 is 1.79 bits per heavy atom. The highest BCUT2D eigenvalue weighted by molar-refractivity contribution is 5.74. The smallest absolute Gasteiger partial charge is 0.150 e. The van der Waals surface area contributed by atoms with Gasteiger partial charge in [-0.2, -0.15) is 0 Å². The summed E-state index contributed by atoms with van der Waals surface area (Å²) in [6, 6.07) is 15.2. The Labute approximate surface area is 114 Å². The van der Waals surface area contributed by atoms with Crippen molar-refractivity contribution in [3.63, 3.8) is 0 Å². The summed E-state index contributed by atoms with van der Waals surface area (Å²) in [5, 5.41) is 0. The standard InChI is InChI=1S/C17H18O2/c1-3-13(2)16-6-4-5-7-17(16)19-15-10-8-14(12-18)9-11-15/h4-13H,3H2,1-2H3. The Balaban J connectivity index is 2.24. The maximum absolute atomic E-state index is 10.6. The maximum atomic E-state index is 10.6. The second-order valence-electron chi connectivity index (χ2n) is 4.64. The molecule has 2 aromatic carbocycles. The van der Waals surface area contributed by atoms with Gasteiger partial charge in [0.1, 0.15) is 17.8 Å². The molecule has 0 radical (unpaired) electrons. The summed E-state index contributed by atoms with van der Waals surface area (Å²) < 4.78 is 5.92. The van der Waals surface area contributed by atoms with Crippen LogP contribution in [0.25, 0.3) is 0 Å². The molecule has 0 aliphatic heterocycles. The summed E-state index contributed by atoms with van der Waals surface area (Å²) in [5.41, 5.74) is 1.87. The minimum absolute atomic E-state index is 0.463. The molecule has 0 fully saturated rings. The van der Waals surface area contributed by atoms with Crippen LogP contribution in [-0.4, -0.2) is 6.29 Å². The third-order valence-electron chi connectivity index (χ3n) is 3.31. The number of hydrogen-bond acceptors (Lipinski definition) is 2. The van der Waals surface area contributed by atoms with E-state index in [2.05, 4.69) is 19.9 Å². The van der Waals surface area contributed by atoms with E-state index in [9.17, 15) is 4.79 Å². The van der Waals surface area contributed by atoms with Gasteiger partial charge in [0.05, 0.1) is 0 Å². The van der Waals surface area contributed by atoms with Crippen molar-refractivity contribution in [2.45, 2.75) is 26.2 Å². The highest BCUT2D eigenvalue weighted by Gasteiger charge is 2.10. The highest BCUT2D eigenvalue weighted by Crippen LogP contribution is 2.31. The van der Waals surface area contributed by atoms with E-state index in [0.29, 0.717) is 11.5 Å². The van der Waals surface area contributed by atoms with Crippen LogP contribution in [-0.2, 0) is 0 Å². The van der Waals surface area contributed by atoms with Crippen molar-refractivity contribution in [2.24, 2.45) is 0 Å². The van der Waals surface area contributed by atoms with Gasteiger partial charge in [-0.15, -0.1) is 0 Å². The van der Waals surface area contributed by atoms with Crippen LogP contribution in [0.5, 0.6) is 11.5 Å². The number of para-hydroxylation sites is 1. The van der Waals surface area contributed by atoms with E-state index in [1.54, 1.807) is 12.1 Å². The van der Waals surface area contributed by atoms with Crippen LogP contribution in [0.3, 0.4) is 0 Å². The summed E-state index contributed by atoms with van der Waals surface area (Å²) >= 11 is 0. The number of aldehydes is 1.